The molecule has 2 rings (SSSR count). The first kappa shape index (κ1) is 13.4. The molecule has 1 fully saturated rings. The largest absolute Gasteiger partial charge is 0.310 e. The molecule has 0 spiro atoms. The molecule has 0 aromatic carbocycles. The van der Waals surface area contributed by atoms with E-state index in [1.54, 1.807) is 12.3 Å². The molecular formula is C14H22FN3. The number of rotatable bonds is 4. The number of halogens is 1. The Morgan fingerprint density at radius 3 is 2.83 bits per heavy atom. The molecule has 0 aliphatic carbocycles. The minimum atomic E-state index is -0.263. The monoisotopic (exact) mass is 251 g/mol. The van der Waals surface area contributed by atoms with Crippen LogP contribution in [-0.4, -0.2) is 36.6 Å². The zero-order chi connectivity index (χ0) is 13.0. The number of hydrogen-bond acceptors (Lipinski definition) is 3. The molecule has 2 heterocycles. The van der Waals surface area contributed by atoms with Crippen molar-refractivity contribution >= 4 is 0 Å². The summed E-state index contributed by atoms with van der Waals surface area (Å²) in [4.78, 5) is 6.26. The number of nitrogens with zero attached hydrogens (tertiary/aromatic N) is 2. The van der Waals surface area contributed by atoms with Crippen LogP contribution in [0, 0.1) is 11.7 Å². The molecule has 0 radical (unpaired) electrons. The van der Waals surface area contributed by atoms with Gasteiger partial charge in [0.05, 0.1) is 6.20 Å². The fraction of sp³-hybridized carbons (Fsp3) is 0.643. The van der Waals surface area contributed by atoms with Gasteiger partial charge in [0.2, 0.25) is 0 Å². The van der Waals surface area contributed by atoms with Crippen LogP contribution < -0.4 is 5.32 Å². The van der Waals surface area contributed by atoms with E-state index in [9.17, 15) is 4.39 Å². The second-order valence-electron chi connectivity index (χ2n) is 5.31. The van der Waals surface area contributed by atoms with Crippen LogP contribution in [0.3, 0.4) is 0 Å². The summed E-state index contributed by atoms with van der Waals surface area (Å²) in [5.74, 6) is 0.477. The summed E-state index contributed by atoms with van der Waals surface area (Å²) in [6.45, 7) is 5.43. The smallest absolute Gasteiger partial charge is 0.141 e. The molecule has 0 saturated carbocycles. The van der Waals surface area contributed by atoms with E-state index in [2.05, 4.69) is 29.2 Å². The van der Waals surface area contributed by atoms with Crippen molar-refractivity contribution in [2.45, 2.75) is 25.8 Å². The number of likely N-dealkylation sites (tertiary alicyclic amines) is 1. The third kappa shape index (κ3) is 3.75. The summed E-state index contributed by atoms with van der Waals surface area (Å²) in [5.41, 5.74) is 0.919. The van der Waals surface area contributed by atoms with Crippen molar-refractivity contribution in [1.29, 1.82) is 0 Å². The summed E-state index contributed by atoms with van der Waals surface area (Å²) in [6, 6.07) is 1.71. The van der Waals surface area contributed by atoms with E-state index in [-0.39, 0.29) is 11.9 Å². The fourth-order valence-corrected chi connectivity index (χ4v) is 2.39. The van der Waals surface area contributed by atoms with Gasteiger partial charge in [-0.1, -0.05) is 0 Å². The summed E-state index contributed by atoms with van der Waals surface area (Å²) >= 11 is 0. The topological polar surface area (TPSA) is 28.2 Å². The Bertz CT molecular complexity index is 375. The summed E-state index contributed by atoms with van der Waals surface area (Å²) in [7, 11) is 2.17. The van der Waals surface area contributed by atoms with Gasteiger partial charge in [-0.3, -0.25) is 4.98 Å². The fourth-order valence-electron chi connectivity index (χ4n) is 2.39. The molecular weight excluding hydrogens is 229 g/mol. The molecule has 1 aromatic rings. The van der Waals surface area contributed by atoms with Gasteiger partial charge in [0.15, 0.2) is 0 Å². The molecule has 1 aromatic heterocycles. The highest BCUT2D eigenvalue weighted by atomic mass is 19.1. The maximum absolute atomic E-state index is 13.1. The van der Waals surface area contributed by atoms with Gasteiger partial charge in [0.1, 0.15) is 5.82 Å². The third-order valence-electron chi connectivity index (χ3n) is 3.78. The van der Waals surface area contributed by atoms with Crippen molar-refractivity contribution in [2.75, 3.05) is 26.7 Å². The normalized spacial score (nSPS) is 19.9. The zero-order valence-electron chi connectivity index (χ0n) is 11.2. The van der Waals surface area contributed by atoms with Crippen molar-refractivity contribution in [3.05, 3.63) is 29.8 Å². The number of hydrogen-bond donors (Lipinski definition) is 1. The quantitative estimate of drug-likeness (QED) is 0.889. The van der Waals surface area contributed by atoms with Crippen LogP contribution in [-0.2, 0) is 0 Å². The molecule has 18 heavy (non-hydrogen) atoms. The number of aromatic nitrogens is 1. The van der Waals surface area contributed by atoms with Gasteiger partial charge in [-0.05, 0) is 64.0 Å². The van der Waals surface area contributed by atoms with Crippen LogP contribution in [0.5, 0.6) is 0 Å². The number of nitrogens with one attached hydrogen (secondary N) is 1. The van der Waals surface area contributed by atoms with Crippen LogP contribution >= 0.6 is 0 Å². The Morgan fingerprint density at radius 2 is 2.17 bits per heavy atom. The lowest BCUT2D eigenvalue weighted by atomic mass is 9.96. The van der Waals surface area contributed by atoms with Crippen LogP contribution in [0.1, 0.15) is 31.4 Å². The molecule has 100 valence electrons. The Balaban J connectivity index is 1.79. The van der Waals surface area contributed by atoms with E-state index in [1.165, 1.54) is 32.1 Å². The first-order valence-electron chi connectivity index (χ1n) is 6.67. The van der Waals surface area contributed by atoms with Gasteiger partial charge in [-0.2, -0.15) is 0 Å². The van der Waals surface area contributed by atoms with Gasteiger partial charge >= 0.3 is 0 Å². The van der Waals surface area contributed by atoms with Crippen LogP contribution in [0.25, 0.3) is 0 Å². The van der Waals surface area contributed by atoms with Crippen molar-refractivity contribution < 1.29 is 4.39 Å². The van der Waals surface area contributed by atoms with Gasteiger partial charge in [0, 0.05) is 12.2 Å². The van der Waals surface area contributed by atoms with Crippen molar-refractivity contribution in [2.24, 2.45) is 5.92 Å². The van der Waals surface area contributed by atoms with Gasteiger partial charge < -0.3 is 10.2 Å². The lowest BCUT2D eigenvalue weighted by Gasteiger charge is -2.30. The second kappa shape index (κ2) is 6.25. The average molecular weight is 251 g/mol. The molecule has 0 bridgehead atoms. The number of pyridine rings is 1. The SMILES string of the molecule is CC(NCC1CCN(C)CC1)c1cncc(F)c1. The molecule has 1 saturated heterocycles. The highest BCUT2D eigenvalue weighted by Crippen LogP contribution is 2.17. The Labute approximate surface area is 108 Å². The highest BCUT2D eigenvalue weighted by molar-refractivity contribution is 5.14. The summed E-state index contributed by atoms with van der Waals surface area (Å²) in [5, 5.41) is 3.49. The van der Waals surface area contributed by atoms with E-state index in [0.29, 0.717) is 0 Å². The maximum Gasteiger partial charge on any atom is 0.141 e. The minimum Gasteiger partial charge on any atom is -0.310 e. The molecule has 1 aliphatic heterocycles. The molecule has 0 amide bonds. The predicted molar refractivity (Wildman–Crippen MR) is 70.8 cm³/mol. The van der Waals surface area contributed by atoms with Crippen LogP contribution in [0.4, 0.5) is 4.39 Å². The molecule has 1 unspecified atom stereocenters. The molecule has 1 N–H and O–H groups in total. The van der Waals surface area contributed by atoms with Crippen molar-refractivity contribution in [3.63, 3.8) is 0 Å². The second-order valence-corrected chi connectivity index (χ2v) is 5.31. The average Bonchev–Trinajstić information content (AvgIpc) is 2.38. The van der Waals surface area contributed by atoms with Crippen molar-refractivity contribution in [1.82, 2.24) is 15.2 Å². The first-order chi connectivity index (χ1) is 8.65. The highest BCUT2D eigenvalue weighted by Gasteiger charge is 2.17. The van der Waals surface area contributed by atoms with Crippen LogP contribution in [0.2, 0.25) is 0 Å². The standard InChI is InChI=1S/C14H22FN3/c1-11(13-7-14(15)10-16-9-13)17-8-12-3-5-18(2)6-4-12/h7,9-12,17H,3-6,8H2,1-2H3. The van der Waals surface area contributed by atoms with Crippen molar-refractivity contribution in [3.8, 4) is 0 Å². The number of piperidine rings is 1. The van der Waals surface area contributed by atoms with E-state index >= 15 is 0 Å². The lowest BCUT2D eigenvalue weighted by molar-refractivity contribution is 0.213. The molecule has 4 heteroatoms. The van der Waals surface area contributed by atoms with E-state index in [4.69, 9.17) is 0 Å². The van der Waals surface area contributed by atoms with E-state index < -0.39 is 0 Å². The Hall–Kier alpha value is -1.00. The van der Waals surface area contributed by atoms with E-state index in [1.807, 2.05) is 0 Å². The van der Waals surface area contributed by atoms with Crippen LogP contribution in [0.15, 0.2) is 18.5 Å². The lowest BCUT2D eigenvalue weighted by Crippen LogP contribution is -2.35. The van der Waals surface area contributed by atoms with Gasteiger partial charge in [-0.15, -0.1) is 0 Å². The van der Waals surface area contributed by atoms with Gasteiger partial charge in [-0.25, -0.2) is 4.39 Å². The Morgan fingerprint density at radius 1 is 1.44 bits per heavy atom. The summed E-state index contributed by atoms with van der Waals surface area (Å²) < 4.78 is 13.1. The van der Waals surface area contributed by atoms with Gasteiger partial charge in [0.25, 0.3) is 0 Å². The minimum absolute atomic E-state index is 0.160. The Kier molecular flexibility index (Phi) is 4.66. The van der Waals surface area contributed by atoms with E-state index in [0.717, 1.165) is 18.0 Å². The zero-order valence-corrected chi connectivity index (χ0v) is 11.2. The predicted octanol–water partition coefficient (Wildman–Crippen LogP) is 2.21. The molecule has 1 aliphatic rings. The third-order valence-corrected chi connectivity index (χ3v) is 3.78. The molecule has 3 nitrogen and oxygen atoms in total. The maximum atomic E-state index is 13.1. The summed E-state index contributed by atoms with van der Waals surface area (Å²) in [6.07, 6.45) is 5.47. The first-order valence-corrected chi connectivity index (χ1v) is 6.67. The molecule has 1 atom stereocenters.